The first kappa shape index (κ1) is 26.8. The van der Waals surface area contributed by atoms with Crippen molar-refractivity contribution >= 4 is 41.5 Å². The van der Waals surface area contributed by atoms with Crippen LogP contribution in [-0.4, -0.2) is 44.8 Å². The van der Waals surface area contributed by atoms with Crippen molar-refractivity contribution in [1.29, 1.82) is 0 Å². The zero-order valence-corrected chi connectivity index (χ0v) is 21.4. The van der Waals surface area contributed by atoms with Crippen LogP contribution >= 0.6 is 24.0 Å². The van der Waals surface area contributed by atoms with Crippen LogP contribution in [0.3, 0.4) is 0 Å². The summed E-state index contributed by atoms with van der Waals surface area (Å²) in [7, 11) is 0. The monoisotopic (exact) mass is 570 g/mol. The molecule has 0 bridgehead atoms. The van der Waals surface area contributed by atoms with Crippen molar-refractivity contribution < 1.29 is 18.7 Å². The predicted molar refractivity (Wildman–Crippen MR) is 139 cm³/mol. The van der Waals surface area contributed by atoms with Crippen LogP contribution in [-0.2, 0) is 16.1 Å². The average Bonchev–Trinajstić information content (AvgIpc) is 3.29. The number of hydrogen-bond donors (Lipinski definition) is 3. The topological polar surface area (TPSA) is 84.0 Å². The summed E-state index contributed by atoms with van der Waals surface area (Å²) in [5.41, 5.74) is 2.50. The quantitative estimate of drug-likeness (QED) is 0.242. The van der Waals surface area contributed by atoms with E-state index in [1.54, 1.807) is 12.1 Å². The molecule has 0 spiro atoms. The van der Waals surface area contributed by atoms with Crippen molar-refractivity contribution in [2.75, 3.05) is 38.2 Å². The van der Waals surface area contributed by atoms with E-state index in [2.05, 4.69) is 20.9 Å². The van der Waals surface area contributed by atoms with Gasteiger partial charge in [-0.25, -0.2) is 9.38 Å². The number of aryl methyl sites for hydroxylation is 1. The third-order valence-corrected chi connectivity index (χ3v) is 5.00. The Morgan fingerprint density at radius 1 is 1.24 bits per heavy atom. The summed E-state index contributed by atoms with van der Waals surface area (Å²) in [6.45, 7) is 7.19. The van der Waals surface area contributed by atoms with E-state index in [-0.39, 0.29) is 36.4 Å². The lowest BCUT2D eigenvalue weighted by Crippen LogP contribution is -2.41. The second-order valence-electron chi connectivity index (χ2n) is 7.76. The average molecular weight is 570 g/mol. The van der Waals surface area contributed by atoms with Crippen LogP contribution in [0.5, 0.6) is 5.75 Å². The molecule has 7 nitrogen and oxygen atoms in total. The zero-order chi connectivity index (χ0) is 22.8. The summed E-state index contributed by atoms with van der Waals surface area (Å²) in [4.78, 5) is 16.8. The minimum atomic E-state index is -0.401. The van der Waals surface area contributed by atoms with Crippen molar-refractivity contribution in [3.8, 4) is 5.75 Å². The fraction of sp³-hybridized carbons (Fsp3) is 0.417. The molecule has 0 saturated carbocycles. The van der Waals surface area contributed by atoms with E-state index in [4.69, 9.17) is 9.47 Å². The minimum Gasteiger partial charge on any atom is -0.493 e. The number of guanidine groups is 1. The molecule has 0 aromatic heterocycles. The normalized spacial score (nSPS) is 15.5. The van der Waals surface area contributed by atoms with Gasteiger partial charge < -0.3 is 25.4 Å². The standard InChI is InChI=1S/C24H31FN4O3.HI/c1-3-26-24(28-14-23(30)29-21-6-4-5-20(25)12-21)27-13-19-8-7-17(2)11-22(19)32-16-18-9-10-31-15-18;/h4-8,11-12,18H,3,9-10,13-16H2,1-2H3,(H,29,30)(H2,26,27,28);1H. The third kappa shape index (κ3) is 9.17. The second kappa shape index (κ2) is 14.0. The molecule has 1 atom stereocenters. The van der Waals surface area contributed by atoms with Gasteiger partial charge in [0.05, 0.1) is 26.3 Å². The number of nitrogens with one attached hydrogen (secondary N) is 3. The van der Waals surface area contributed by atoms with Crippen molar-refractivity contribution in [3.63, 3.8) is 0 Å². The Balaban J connectivity index is 0.00000385. The van der Waals surface area contributed by atoms with Gasteiger partial charge >= 0.3 is 0 Å². The maximum absolute atomic E-state index is 13.3. The van der Waals surface area contributed by atoms with Crippen molar-refractivity contribution in [2.45, 2.75) is 26.8 Å². The van der Waals surface area contributed by atoms with Crippen molar-refractivity contribution in [1.82, 2.24) is 10.6 Å². The number of rotatable bonds is 9. The van der Waals surface area contributed by atoms with Gasteiger partial charge in [0, 0.05) is 30.3 Å². The maximum Gasteiger partial charge on any atom is 0.243 e. The van der Waals surface area contributed by atoms with Gasteiger partial charge in [-0.05, 0) is 50.1 Å². The van der Waals surface area contributed by atoms with Gasteiger partial charge in [0.15, 0.2) is 5.96 Å². The molecule has 2 aromatic rings. The van der Waals surface area contributed by atoms with E-state index in [9.17, 15) is 9.18 Å². The molecule has 1 unspecified atom stereocenters. The number of nitrogens with zero attached hydrogens (tertiary/aromatic N) is 1. The van der Waals surface area contributed by atoms with Crippen molar-refractivity contribution in [3.05, 3.63) is 59.4 Å². The number of ether oxygens (including phenoxy) is 2. The molecule has 1 saturated heterocycles. The number of hydrogen-bond acceptors (Lipinski definition) is 4. The summed E-state index contributed by atoms with van der Waals surface area (Å²) < 4.78 is 24.8. The number of benzene rings is 2. The number of carbonyl (C=O) groups is 1. The molecule has 1 aliphatic heterocycles. The first-order chi connectivity index (χ1) is 15.5. The molecule has 9 heteroatoms. The SMILES string of the molecule is CCNC(=NCc1ccc(C)cc1OCC1CCOC1)NCC(=O)Nc1cccc(F)c1.I. The Bertz CT molecular complexity index is 936. The van der Waals surface area contributed by atoms with Crippen molar-refractivity contribution in [2.24, 2.45) is 10.9 Å². The number of carbonyl (C=O) groups excluding carboxylic acids is 1. The Kier molecular flexibility index (Phi) is 11.4. The van der Waals surface area contributed by atoms with Crippen LogP contribution in [0, 0.1) is 18.7 Å². The minimum absolute atomic E-state index is 0. The highest BCUT2D eigenvalue weighted by Crippen LogP contribution is 2.23. The predicted octanol–water partition coefficient (Wildman–Crippen LogP) is 3.86. The largest absolute Gasteiger partial charge is 0.493 e. The molecule has 3 rings (SSSR count). The lowest BCUT2D eigenvalue weighted by Gasteiger charge is -2.15. The van der Waals surface area contributed by atoms with Crippen LogP contribution in [0.1, 0.15) is 24.5 Å². The Morgan fingerprint density at radius 3 is 2.82 bits per heavy atom. The smallest absolute Gasteiger partial charge is 0.243 e. The van der Waals surface area contributed by atoms with Gasteiger partial charge in [-0.1, -0.05) is 18.2 Å². The van der Waals surface area contributed by atoms with Gasteiger partial charge in [-0.2, -0.15) is 0 Å². The van der Waals surface area contributed by atoms with E-state index in [0.29, 0.717) is 37.3 Å². The van der Waals surface area contributed by atoms with Crippen LogP contribution in [0.25, 0.3) is 0 Å². The number of amides is 1. The Morgan fingerprint density at radius 2 is 2.09 bits per heavy atom. The van der Waals surface area contributed by atoms with Crippen LogP contribution < -0.4 is 20.7 Å². The van der Waals surface area contributed by atoms with Crippen LogP contribution in [0.4, 0.5) is 10.1 Å². The molecule has 3 N–H and O–H groups in total. The second-order valence-corrected chi connectivity index (χ2v) is 7.76. The number of aliphatic imine (C=N–C) groups is 1. The maximum atomic E-state index is 13.3. The molecule has 1 aliphatic rings. The van der Waals surface area contributed by atoms with E-state index in [1.807, 2.05) is 32.0 Å². The fourth-order valence-corrected chi connectivity index (χ4v) is 3.29. The van der Waals surface area contributed by atoms with Gasteiger partial charge in [0.1, 0.15) is 11.6 Å². The highest BCUT2D eigenvalue weighted by Gasteiger charge is 2.17. The molecule has 0 radical (unpaired) electrons. The van der Waals surface area contributed by atoms with Gasteiger partial charge in [0.2, 0.25) is 5.91 Å². The molecule has 0 aliphatic carbocycles. The van der Waals surface area contributed by atoms with E-state index < -0.39 is 5.82 Å². The molecule has 33 heavy (non-hydrogen) atoms. The Hall–Kier alpha value is -2.40. The highest BCUT2D eigenvalue weighted by atomic mass is 127. The molecule has 2 aromatic carbocycles. The first-order valence-corrected chi connectivity index (χ1v) is 10.9. The fourth-order valence-electron chi connectivity index (χ4n) is 3.29. The summed E-state index contributed by atoms with van der Waals surface area (Å²) >= 11 is 0. The van der Waals surface area contributed by atoms with Crippen LogP contribution in [0.2, 0.25) is 0 Å². The van der Waals surface area contributed by atoms with Crippen LogP contribution in [0.15, 0.2) is 47.5 Å². The summed E-state index contributed by atoms with van der Waals surface area (Å²) in [5.74, 6) is 1.06. The number of halogens is 2. The molecule has 1 fully saturated rings. The lowest BCUT2D eigenvalue weighted by molar-refractivity contribution is -0.115. The van der Waals surface area contributed by atoms with Gasteiger partial charge in [-0.3, -0.25) is 4.79 Å². The third-order valence-electron chi connectivity index (χ3n) is 5.00. The first-order valence-electron chi connectivity index (χ1n) is 10.9. The van der Waals surface area contributed by atoms with E-state index in [1.165, 1.54) is 12.1 Å². The van der Waals surface area contributed by atoms with Gasteiger partial charge in [-0.15, -0.1) is 24.0 Å². The van der Waals surface area contributed by atoms with E-state index >= 15 is 0 Å². The number of anilines is 1. The molecule has 1 heterocycles. The molecule has 1 amide bonds. The lowest BCUT2D eigenvalue weighted by atomic mass is 10.1. The molecule has 180 valence electrons. The van der Waals surface area contributed by atoms with E-state index in [0.717, 1.165) is 36.5 Å². The Labute approximate surface area is 211 Å². The van der Waals surface area contributed by atoms with Gasteiger partial charge in [0.25, 0.3) is 0 Å². The summed E-state index contributed by atoms with van der Waals surface area (Å²) in [6, 6.07) is 11.8. The summed E-state index contributed by atoms with van der Waals surface area (Å²) in [6.07, 6.45) is 1.02. The molecular weight excluding hydrogens is 538 g/mol. The zero-order valence-electron chi connectivity index (χ0n) is 19.0. The summed E-state index contributed by atoms with van der Waals surface area (Å²) in [5, 5.41) is 8.80. The highest BCUT2D eigenvalue weighted by molar-refractivity contribution is 14.0. The molecular formula is C24H32FIN4O3.